The number of hydrogen-bond acceptors (Lipinski definition) is 8. The predicted molar refractivity (Wildman–Crippen MR) is 115 cm³/mol. The minimum absolute atomic E-state index is 0.0120. The van der Waals surface area contributed by atoms with Crippen molar-refractivity contribution in [2.75, 3.05) is 18.5 Å². The fraction of sp³-hybridized carbons (Fsp3) is 0.250. The molecule has 3 aromatic heterocycles. The summed E-state index contributed by atoms with van der Waals surface area (Å²) in [6.45, 7) is 1.69. The van der Waals surface area contributed by atoms with Crippen LogP contribution in [0.3, 0.4) is 0 Å². The largest absolute Gasteiger partial charge is 0.416 e. The molecule has 1 amide bonds. The SMILES string of the molecule is CC(NC(=O)c1ncnc(NCCO)c1Cl)c1cc(-c2nc3ccc(C(F)(F)F)cc3[nH]2)on1. The summed E-state index contributed by atoms with van der Waals surface area (Å²) in [4.78, 5) is 27.5. The molecule has 0 saturated heterocycles. The zero-order valence-corrected chi connectivity index (χ0v) is 18.2. The lowest BCUT2D eigenvalue weighted by molar-refractivity contribution is -0.137. The van der Waals surface area contributed by atoms with Crippen molar-refractivity contribution in [1.29, 1.82) is 0 Å². The van der Waals surface area contributed by atoms with Crippen molar-refractivity contribution in [3.05, 3.63) is 52.6 Å². The van der Waals surface area contributed by atoms with Crippen molar-refractivity contribution in [3.63, 3.8) is 0 Å². The highest BCUT2D eigenvalue weighted by atomic mass is 35.5. The molecule has 1 atom stereocenters. The summed E-state index contributed by atoms with van der Waals surface area (Å²) in [5, 5.41) is 18.3. The number of carbonyl (C=O) groups is 1. The molecule has 0 bridgehead atoms. The second-order valence-corrected chi connectivity index (χ2v) is 7.54. The number of fused-ring (bicyclic) bond motifs is 1. The van der Waals surface area contributed by atoms with Crippen LogP contribution in [-0.4, -0.2) is 49.3 Å². The van der Waals surface area contributed by atoms with Crippen molar-refractivity contribution >= 4 is 34.4 Å². The van der Waals surface area contributed by atoms with Crippen LogP contribution >= 0.6 is 11.6 Å². The Morgan fingerprint density at radius 2 is 2.09 bits per heavy atom. The van der Waals surface area contributed by atoms with Gasteiger partial charge >= 0.3 is 6.18 Å². The number of benzene rings is 1. The molecule has 3 heterocycles. The van der Waals surface area contributed by atoms with Crippen LogP contribution in [0.1, 0.15) is 34.7 Å². The van der Waals surface area contributed by atoms with E-state index >= 15 is 0 Å². The van der Waals surface area contributed by atoms with Gasteiger partial charge in [0, 0.05) is 12.6 Å². The van der Waals surface area contributed by atoms with Gasteiger partial charge in [-0.25, -0.2) is 15.0 Å². The summed E-state index contributed by atoms with van der Waals surface area (Å²) in [5.74, 6) is -0.0350. The van der Waals surface area contributed by atoms with E-state index in [1.165, 1.54) is 12.1 Å². The van der Waals surface area contributed by atoms with E-state index in [0.717, 1.165) is 18.5 Å². The average molecular weight is 496 g/mol. The normalized spacial score (nSPS) is 12.6. The molecule has 0 aliphatic carbocycles. The molecular weight excluding hydrogens is 479 g/mol. The Hall–Kier alpha value is -3.71. The molecule has 4 aromatic rings. The van der Waals surface area contributed by atoms with Gasteiger partial charge in [-0.05, 0) is 25.1 Å². The number of halogens is 4. The molecule has 34 heavy (non-hydrogen) atoms. The van der Waals surface area contributed by atoms with Crippen molar-refractivity contribution in [3.8, 4) is 11.6 Å². The first-order valence-electron chi connectivity index (χ1n) is 9.87. The smallest absolute Gasteiger partial charge is 0.395 e. The fourth-order valence-corrected chi connectivity index (χ4v) is 3.32. The number of H-pyrrole nitrogens is 1. The number of alkyl halides is 3. The van der Waals surface area contributed by atoms with Gasteiger partial charge in [0.25, 0.3) is 5.91 Å². The number of anilines is 1. The first-order chi connectivity index (χ1) is 16.2. The van der Waals surface area contributed by atoms with Crippen LogP contribution in [0, 0.1) is 0 Å². The third kappa shape index (κ3) is 4.79. The van der Waals surface area contributed by atoms with Crippen molar-refractivity contribution in [1.82, 2.24) is 30.4 Å². The molecule has 1 aromatic carbocycles. The number of aliphatic hydroxyl groups excluding tert-OH is 1. The summed E-state index contributed by atoms with van der Waals surface area (Å²) >= 11 is 6.18. The number of nitrogens with zero attached hydrogens (tertiary/aromatic N) is 4. The highest BCUT2D eigenvalue weighted by Gasteiger charge is 2.31. The van der Waals surface area contributed by atoms with E-state index in [1.54, 1.807) is 6.92 Å². The number of hydrogen-bond donors (Lipinski definition) is 4. The molecule has 0 fully saturated rings. The Balaban J connectivity index is 1.51. The third-order valence-corrected chi connectivity index (χ3v) is 5.13. The number of imidazole rings is 1. The highest BCUT2D eigenvalue weighted by Crippen LogP contribution is 2.32. The lowest BCUT2D eigenvalue weighted by Gasteiger charge is -2.12. The maximum atomic E-state index is 12.9. The van der Waals surface area contributed by atoms with Crippen molar-refractivity contribution in [2.24, 2.45) is 0 Å². The van der Waals surface area contributed by atoms with Gasteiger partial charge in [0.1, 0.15) is 22.9 Å². The summed E-state index contributed by atoms with van der Waals surface area (Å²) in [7, 11) is 0. The zero-order valence-electron chi connectivity index (χ0n) is 17.4. The van der Waals surface area contributed by atoms with Gasteiger partial charge in [-0.3, -0.25) is 4.79 Å². The number of aliphatic hydroxyl groups is 1. The molecule has 178 valence electrons. The maximum Gasteiger partial charge on any atom is 0.416 e. The number of aromatic amines is 1. The van der Waals surface area contributed by atoms with Gasteiger partial charge < -0.3 is 25.2 Å². The van der Waals surface area contributed by atoms with E-state index in [2.05, 4.69) is 35.7 Å². The zero-order chi connectivity index (χ0) is 24.5. The number of aromatic nitrogens is 5. The summed E-state index contributed by atoms with van der Waals surface area (Å²) in [6, 6.07) is 4.03. The Morgan fingerprint density at radius 3 is 2.82 bits per heavy atom. The minimum Gasteiger partial charge on any atom is -0.395 e. The van der Waals surface area contributed by atoms with Crippen LogP contribution in [0.5, 0.6) is 0 Å². The third-order valence-electron chi connectivity index (χ3n) is 4.77. The molecule has 4 rings (SSSR count). The Labute approximate surface area is 194 Å². The van der Waals surface area contributed by atoms with Gasteiger partial charge in [0.05, 0.1) is 29.2 Å². The number of carbonyl (C=O) groups excluding carboxylic acids is 1. The van der Waals surface area contributed by atoms with E-state index in [0.29, 0.717) is 11.2 Å². The van der Waals surface area contributed by atoms with E-state index in [9.17, 15) is 18.0 Å². The molecule has 14 heteroatoms. The van der Waals surface area contributed by atoms with E-state index in [4.69, 9.17) is 21.2 Å². The summed E-state index contributed by atoms with van der Waals surface area (Å²) in [5.41, 5.74) is -0.0311. The second-order valence-electron chi connectivity index (χ2n) is 7.16. The summed E-state index contributed by atoms with van der Waals surface area (Å²) in [6.07, 6.45) is -3.32. The van der Waals surface area contributed by atoms with E-state index in [1.807, 2.05) is 0 Å². The predicted octanol–water partition coefficient (Wildman–Crippen LogP) is 3.58. The maximum absolute atomic E-state index is 12.9. The lowest BCUT2D eigenvalue weighted by atomic mass is 10.2. The molecule has 0 radical (unpaired) electrons. The van der Waals surface area contributed by atoms with Gasteiger partial charge in [-0.2, -0.15) is 13.2 Å². The van der Waals surface area contributed by atoms with Gasteiger partial charge in [-0.1, -0.05) is 16.8 Å². The van der Waals surface area contributed by atoms with Crippen LogP contribution in [0.4, 0.5) is 19.0 Å². The summed E-state index contributed by atoms with van der Waals surface area (Å²) < 4.78 is 44.1. The molecule has 4 N–H and O–H groups in total. The van der Waals surface area contributed by atoms with Gasteiger partial charge in [0.2, 0.25) is 5.76 Å². The first-order valence-corrected chi connectivity index (χ1v) is 10.2. The van der Waals surface area contributed by atoms with Crippen LogP contribution in [0.25, 0.3) is 22.6 Å². The van der Waals surface area contributed by atoms with E-state index < -0.39 is 23.7 Å². The van der Waals surface area contributed by atoms with Gasteiger partial charge in [-0.15, -0.1) is 0 Å². The van der Waals surface area contributed by atoms with Gasteiger partial charge in [0.15, 0.2) is 11.5 Å². The van der Waals surface area contributed by atoms with Crippen LogP contribution in [0.2, 0.25) is 5.02 Å². The Kier molecular flexibility index (Phi) is 6.39. The van der Waals surface area contributed by atoms with Crippen molar-refractivity contribution < 1.29 is 27.6 Å². The van der Waals surface area contributed by atoms with Crippen LogP contribution in [0.15, 0.2) is 35.1 Å². The fourth-order valence-electron chi connectivity index (χ4n) is 3.07. The number of rotatable bonds is 7. The molecule has 0 aliphatic rings. The quantitative estimate of drug-likeness (QED) is 0.305. The van der Waals surface area contributed by atoms with E-state index in [-0.39, 0.29) is 46.8 Å². The lowest BCUT2D eigenvalue weighted by Crippen LogP contribution is -2.28. The van der Waals surface area contributed by atoms with Crippen LogP contribution < -0.4 is 10.6 Å². The first kappa shape index (κ1) is 23.4. The Morgan fingerprint density at radius 1 is 1.29 bits per heavy atom. The Bertz CT molecular complexity index is 1340. The second kappa shape index (κ2) is 9.27. The molecule has 1 unspecified atom stereocenters. The number of nitrogens with one attached hydrogen (secondary N) is 3. The highest BCUT2D eigenvalue weighted by molar-refractivity contribution is 6.35. The average Bonchev–Trinajstić information content (AvgIpc) is 3.44. The number of amides is 1. The molecule has 0 spiro atoms. The molecule has 0 aliphatic heterocycles. The van der Waals surface area contributed by atoms with Crippen LogP contribution in [-0.2, 0) is 6.18 Å². The van der Waals surface area contributed by atoms with Crippen molar-refractivity contribution in [2.45, 2.75) is 19.1 Å². The molecule has 0 saturated carbocycles. The molecule has 10 nitrogen and oxygen atoms in total. The standard InChI is InChI=1S/C20H17ClF3N7O3/c1-9(28-19(33)16-15(21)18(25-4-5-32)27-8-26-16)12-7-14(34-31-12)17-29-11-3-2-10(20(22,23)24)6-13(11)30-17/h2-3,6-9,32H,4-5H2,1H3,(H,28,33)(H,29,30)(H,25,26,27). The minimum atomic E-state index is -4.48. The topological polar surface area (TPSA) is 142 Å². The molecular formula is C20H17ClF3N7O3. The monoisotopic (exact) mass is 495 g/mol.